The summed E-state index contributed by atoms with van der Waals surface area (Å²) in [5, 5.41) is 9.33. The van der Waals surface area contributed by atoms with Crippen LogP contribution in [0.3, 0.4) is 0 Å². The third-order valence-electron chi connectivity index (χ3n) is 0.950. The van der Waals surface area contributed by atoms with Crippen LogP contribution < -0.4 is 4.72 Å². The van der Waals surface area contributed by atoms with E-state index in [1.54, 1.807) is 13.8 Å². The zero-order valence-corrected chi connectivity index (χ0v) is 9.19. The summed E-state index contributed by atoms with van der Waals surface area (Å²) in [4.78, 5) is 0. The van der Waals surface area contributed by atoms with Crippen LogP contribution in [0.5, 0.6) is 0 Å². The van der Waals surface area contributed by atoms with Crippen LogP contribution in [0, 0.1) is 0 Å². The number of aliphatic hydroxyl groups is 1. The lowest BCUT2D eigenvalue weighted by atomic mass is 10.4. The second-order valence-electron chi connectivity index (χ2n) is 2.82. The van der Waals surface area contributed by atoms with E-state index in [9.17, 15) is 5.11 Å². The fourth-order valence-corrected chi connectivity index (χ4v) is 2.49. The van der Waals surface area contributed by atoms with E-state index in [1.807, 2.05) is 12.1 Å². The van der Waals surface area contributed by atoms with E-state index < -0.39 is 5.72 Å². The average molecular weight is 224 g/mol. The molecule has 0 bridgehead atoms. The minimum Gasteiger partial charge on any atom is -0.376 e. The highest BCUT2D eigenvalue weighted by Gasteiger charge is 2.11. The number of hydrogen-bond acceptors (Lipinski definition) is 4. The first-order valence-electron chi connectivity index (χ1n) is 3.39. The van der Waals surface area contributed by atoms with Gasteiger partial charge in [0.05, 0.1) is 8.55 Å². The predicted octanol–water partition coefficient (Wildman–Crippen LogP) is 2.73. The van der Waals surface area contributed by atoms with Crippen LogP contribution in [0.4, 0.5) is 0 Å². The Hall–Kier alpha value is 0.260. The van der Waals surface area contributed by atoms with Crippen molar-refractivity contribution in [2.24, 2.45) is 0 Å². The maximum Gasteiger partial charge on any atom is 0.119 e. The van der Waals surface area contributed by atoms with Crippen LogP contribution in [0.1, 0.15) is 13.8 Å². The third kappa shape index (κ3) is 3.78. The number of thiophene rings is 1. The van der Waals surface area contributed by atoms with E-state index in [2.05, 4.69) is 4.72 Å². The van der Waals surface area contributed by atoms with Crippen LogP contribution >= 0.6 is 34.9 Å². The van der Waals surface area contributed by atoms with Crippen molar-refractivity contribution in [3.05, 3.63) is 16.5 Å². The zero-order chi connectivity index (χ0) is 9.19. The highest BCUT2D eigenvalue weighted by molar-refractivity contribution is 7.99. The van der Waals surface area contributed by atoms with E-state index in [1.165, 1.54) is 23.3 Å². The summed E-state index contributed by atoms with van der Waals surface area (Å²) in [6.45, 7) is 3.38. The monoisotopic (exact) mass is 223 g/mol. The maximum atomic E-state index is 9.33. The molecular weight excluding hydrogens is 214 g/mol. The number of hydrogen-bond donors (Lipinski definition) is 2. The predicted molar refractivity (Wildman–Crippen MR) is 54.6 cm³/mol. The lowest BCUT2D eigenvalue weighted by molar-refractivity contribution is 0.0722. The van der Waals surface area contributed by atoms with Crippen molar-refractivity contribution in [2.75, 3.05) is 0 Å². The lowest BCUT2D eigenvalue weighted by Crippen LogP contribution is -2.33. The van der Waals surface area contributed by atoms with Gasteiger partial charge in [0.25, 0.3) is 0 Å². The van der Waals surface area contributed by atoms with Crippen molar-refractivity contribution >= 4 is 34.9 Å². The van der Waals surface area contributed by atoms with Crippen molar-refractivity contribution in [3.8, 4) is 0 Å². The molecule has 0 aliphatic carbocycles. The van der Waals surface area contributed by atoms with E-state index >= 15 is 0 Å². The summed E-state index contributed by atoms with van der Waals surface area (Å²) in [6, 6.07) is 3.75. The third-order valence-corrected chi connectivity index (χ3v) is 3.41. The lowest BCUT2D eigenvalue weighted by Gasteiger charge is -2.16. The Morgan fingerprint density at radius 1 is 1.58 bits per heavy atom. The van der Waals surface area contributed by atoms with Gasteiger partial charge in [-0.2, -0.15) is 0 Å². The van der Waals surface area contributed by atoms with Gasteiger partial charge in [-0.15, -0.1) is 11.3 Å². The fourth-order valence-electron chi connectivity index (χ4n) is 0.528. The number of rotatable bonds is 3. The zero-order valence-electron chi connectivity index (χ0n) is 6.80. The SMILES string of the molecule is CC(C)(O)NSc1ccc(Cl)s1. The van der Waals surface area contributed by atoms with Gasteiger partial charge in [-0.25, -0.2) is 4.72 Å². The first-order chi connectivity index (χ1) is 5.47. The van der Waals surface area contributed by atoms with Crippen molar-refractivity contribution < 1.29 is 5.11 Å². The molecule has 0 saturated carbocycles. The summed E-state index contributed by atoms with van der Waals surface area (Å²) < 4.78 is 4.68. The molecule has 1 rings (SSSR count). The minimum absolute atomic E-state index is 0.759. The molecule has 2 nitrogen and oxygen atoms in total. The second-order valence-corrected chi connectivity index (χ2v) is 5.64. The molecule has 68 valence electrons. The minimum atomic E-state index is -0.860. The highest BCUT2D eigenvalue weighted by Crippen LogP contribution is 2.29. The van der Waals surface area contributed by atoms with Crippen LogP contribution in [0.2, 0.25) is 4.34 Å². The van der Waals surface area contributed by atoms with Gasteiger partial charge >= 0.3 is 0 Å². The molecule has 0 aromatic carbocycles. The van der Waals surface area contributed by atoms with Crippen molar-refractivity contribution in [1.82, 2.24) is 4.72 Å². The summed E-state index contributed by atoms with van der Waals surface area (Å²) >= 11 is 8.59. The molecule has 5 heteroatoms. The Bertz CT molecular complexity index is 256. The van der Waals surface area contributed by atoms with E-state index in [0.29, 0.717) is 0 Å². The number of halogens is 1. The molecule has 1 heterocycles. The van der Waals surface area contributed by atoms with Crippen molar-refractivity contribution in [3.63, 3.8) is 0 Å². The molecule has 0 saturated heterocycles. The van der Waals surface area contributed by atoms with Gasteiger partial charge in [-0.3, -0.25) is 0 Å². The molecule has 0 spiro atoms. The Kier molecular flexibility index (Phi) is 3.43. The summed E-state index contributed by atoms with van der Waals surface area (Å²) in [7, 11) is 0. The van der Waals surface area contributed by atoms with Gasteiger partial charge in [-0.05, 0) is 37.9 Å². The van der Waals surface area contributed by atoms with Crippen LogP contribution in [-0.2, 0) is 0 Å². The van der Waals surface area contributed by atoms with E-state index in [-0.39, 0.29) is 0 Å². The maximum absolute atomic E-state index is 9.33. The normalized spacial score (nSPS) is 12.0. The standard InChI is InChI=1S/C7H10ClNOS2/c1-7(2,10)9-12-6-4-3-5(8)11-6/h3-4,9-10H,1-2H3. The second kappa shape index (κ2) is 3.98. The molecule has 0 radical (unpaired) electrons. The Morgan fingerprint density at radius 2 is 2.25 bits per heavy atom. The Balaban J connectivity index is 2.44. The van der Waals surface area contributed by atoms with Crippen LogP contribution in [0.15, 0.2) is 16.3 Å². The molecule has 0 atom stereocenters. The van der Waals surface area contributed by atoms with Crippen molar-refractivity contribution in [2.45, 2.75) is 23.8 Å². The summed E-state index contributed by atoms with van der Waals surface area (Å²) in [5.74, 6) is 0. The molecule has 0 amide bonds. The molecule has 0 aliphatic heterocycles. The molecule has 2 N–H and O–H groups in total. The molecule has 0 aliphatic rings. The first-order valence-corrected chi connectivity index (χ1v) is 5.40. The Morgan fingerprint density at radius 3 is 2.67 bits per heavy atom. The average Bonchev–Trinajstić information content (AvgIpc) is 2.30. The topological polar surface area (TPSA) is 32.3 Å². The molecule has 12 heavy (non-hydrogen) atoms. The molecule has 1 aromatic rings. The first kappa shape index (κ1) is 10.3. The largest absolute Gasteiger partial charge is 0.376 e. The molecular formula is C7H10ClNOS2. The molecule has 1 aromatic heterocycles. The highest BCUT2D eigenvalue weighted by atomic mass is 35.5. The van der Waals surface area contributed by atoms with Crippen molar-refractivity contribution in [1.29, 1.82) is 0 Å². The summed E-state index contributed by atoms with van der Waals surface area (Å²) in [5.41, 5.74) is -0.860. The smallest absolute Gasteiger partial charge is 0.119 e. The van der Waals surface area contributed by atoms with Gasteiger partial charge in [0.15, 0.2) is 0 Å². The molecule has 0 unspecified atom stereocenters. The fraction of sp³-hybridized carbons (Fsp3) is 0.429. The van der Waals surface area contributed by atoms with E-state index in [0.717, 1.165) is 8.55 Å². The van der Waals surface area contributed by atoms with Crippen LogP contribution in [-0.4, -0.2) is 10.8 Å². The van der Waals surface area contributed by atoms with Gasteiger partial charge in [0, 0.05) is 0 Å². The van der Waals surface area contributed by atoms with Gasteiger partial charge in [0.2, 0.25) is 0 Å². The Labute approximate surface area is 85.1 Å². The van der Waals surface area contributed by atoms with E-state index in [4.69, 9.17) is 11.6 Å². The van der Waals surface area contributed by atoms with Crippen LogP contribution in [0.25, 0.3) is 0 Å². The van der Waals surface area contributed by atoms with Gasteiger partial charge < -0.3 is 5.11 Å². The van der Waals surface area contributed by atoms with Gasteiger partial charge in [0.1, 0.15) is 5.72 Å². The quantitative estimate of drug-likeness (QED) is 0.611. The molecule has 0 fully saturated rings. The number of nitrogens with one attached hydrogen (secondary N) is 1. The van der Waals surface area contributed by atoms with Gasteiger partial charge in [-0.1, -0.05) is 11.6 Å². The summed E-state index contributed by atoms with van der Waals surface area (Å²) in [6.07, 6.45) is 0.